The molecule has 0 bridgehead atoms. The van der Waals surface area contributed by atoms with E-state index < -0.39 is 17.7 Å². The highest BCUT2D eigenvalue weighted by Gasteiger charge is 2.45. The molecule has 1 aliphatic heterocycles. The summed E-state index contributed by atoms with van der Waals surface area (Å²) in [5.74, 6) is -0.870. The summed E-state index contributed by atoms with van der Waals surface area (Å²) in [5, 5.41) is 10.9. The van der Waals surface area contributed by atoms with Gasteiger partial charge >= 0.3 is 0 Å². The van der Waals surface area contributed by atoms with E-state index in [-0.39, 0.29) is 17.9 Å². The first-order valence-corrected chi connectivity index (χ1v) is 8.76. The smallest absolute Gasteiger partial charge is 0.295 e. The van der Waals surface area contributed by atoms with Crippen molar-refractivity contribution in [1.29, 1.82) is 0 Å². The summed E-state index contributed by atoms with van der Waals surface area (Å²) in [5.41, 5.74) is 1.29. The molecule has 1 N–H and O–H groups in total. The SMILES string of the molecule is C=CCN1C(=O)C(=O)/C(=C(/O)c2ccc(OCC)cc2)C1c1ccccc1. The van der Waals surface area contributed by atoms with E-state index in [9.17, 15) is 14.7 Å². The highest BCUT2D eigenvalue weighted by atomic mass is 16.5. The Bertz CT molecular complexity index is 884. The number of carbonyl (C=O) groups is 2. The van der Waals surface area contributed by atoms with Gasteiger partial charge in [0.15, 0.2) is 0 Å². The maximum Gasteiger partial charge on any atom is 0.295 e. The Kier molecular flexibility index (Phi) is 5.41. The van der Waals surface area contributed by atoms with Gasteiger partial charge in [0.1, 0.15) is 11.5 Å². The summed E-state index contributed by atoms with van der Waals surface area (Å²) in [6.45, 7) is 6.30. The van der Waals surface area contributed by atoms with E-state index >= 15 is 0 Å². The van der Waals surface area contributed by atoms with Crippen molar-refractivity contribution in [3.63, 3.8) is 0 Å². The number of benzene rings is 2. The van der Waals surface area contributed by atoms with Crippen molar-refractivity contribution in [2.75, 3.05) is 13.2 Å². The molecule has 0 spiro atoms. The van der Waals surface area contributed by atoms with E-state index in [2.05, 4.69) is 6.58 Å². The minimum atomic E-state index is -0.697. The molecule has 0 saturated carbocycles. The van der Waals surface area contributed by atoms with Gasteiger partial charge in [-0.2, -0.15) is 0 Å². The molecule has 1 fully saturated rings. The summed E-state index contributed by atoms with van der Waals surface area (Å²) >= 11 is 0. The fourth-order valence-electron chi connectivity index (χ4n) is 3.22. The van der Waals surface area contributed by atoms with E-state index in [1.807, 2.05) is 37.3 Å². The lowest BCUT2D eigenvalue weighted by atomic mass is 9.95. The monoisotopic (exact) mass is 363 g/mol. The third kappa shape index (κ3) is 3.49. The predicted molar refractivity (Wildman–Crippen MR) is 103 cm³/mol. The Morgan fingerprint density at radius 2 is 1.81 bits per heavy atom. The minimum Gasteiger partial charge on any atom is -0.507 e. The molecule has 5 heteroatoms. The topological polar surface area (TPSA) is 66.8 Å². The van der Waals surface area contributed by atoms with Gasteiger partial charge in [-0.25, -0.2) is 0 Å². The summed E-state index contributed by atoms with van der Waals surface area (Å²) < 4.78 is 5.41. The van der Waals surface area contributed by atoms with Crippen LogP contribution in [0.15, 0.2) is 72.8 Å². The molecule has 1 saturated heterocycles. The minimum absolute atomic E-state index is 0.0807. The molecule has 1 aliphatic rings. The van der Waals surface area contributed by atoms with Crippen molar-refractivity contribution in [2.24, 2.45) is 0 Å². The van der Waals surface area contributed by atoms with Crippen molar-refractivity contribution in [1.82, 2.24) is 4.90 Å². The van der Waals surface area contributed by atoms with Gasteiger partial charge in [0, 0.05) is 12.1 Å². The Labute approximate surface area is 158 Å². The van der Waals surface area contributed by atoms with Crippen LogP contribution in [-0.4, -0.2) is 34.8 Å². The quantitative estimate of drug-likeness (QED) is 0.368. The van der Waals surface area contributed by atoms with Gasteiger partial charge < -0.3 is 14.7 Å². The molecular weight excluding hydrogens is 342 g/mol. The van der Waals surface area contributed by atoms with Gasteiger partial charge in [-0.15, -0.1) is 6.58 Å². The van der Waals surface area contributed by atoms with E-state index in [1.165, 1.54) is 4.90 Å². The van der Waals surface area contributed by atoms with Crippen molar-refractivity contribution in [2.45, 2.75) is 13.0 Å². The second-order valence-electron chi connectivity index (χ2n) is 6.11. The third-order valence-electron chi connectivity index (χ3n) is 4.42. The zero-order valence-electron chi connectivity index (χ0n) is 15.1. The highest BCUT2D eigenvalue weighted by Crippen LogP contribution is 2.39. The van der Waals surface area contributed by atoms with Gasteiger partial charge in [-0.05, 0) is 36.8 Å². The van der Waals surface area contributed by atoms with Crippen LogP contribution in [-0.2, 0) is 9.59 Å². The Balaban J connectivity index is 2.11. The van der Waals surface area contributed by atoms with Crippen LogP contribution in [0.4, 0.5) is 0 Å². The van der Waals surface area contributed by atoms with Gasteiger partial charge in [-0.3, -0.25) is 9.59 Å². The fourth-order valence-corrected chi connectivity index (χ4v) is 3.22. The lowest BCUT2D eigenvalue weighted by Crippen LogP contribution is -2.29. The highest BCUT2D eigenvalue weighted by molar-refractivity contribution is 6.46. The second-order valence-corrected chi connectivity index (χ2v) is 6.11. The van der Waals surface area contributed by atoms with Crippen LogP contribution in [0, 0.1) is 0 Å². The summed E-state index contributed by atoms with van der Waals surface area (Å²) in [6, 6.07) is 15.3. The second kappa shape index (κ2) is 7.91. The molecule has 1 heterocycles. The van der Waals surface area contributed by atoms with Crippen molar-refractivity contribution < 1.29 is 19.4 Å². The zero-order chi connectivity index (χ0) is 19.4. The number of carbonyl (C=O) groups excluding carboxylic acids is 2. The largest absolute Gasteiger partial charge is 0.507 e. The molecule has 0 aliphatic carbocycles. The van der Waals surface area contributed by atoms with Crippen molar-refractivity contribution in [3.8, 4) is 5.75 Å². The number of hydrogen-bond donors (Lipinski definition) is 1. The zero-order valence-corrected chi connectivity index (χ0v) is 15.1. The molecule has 2 aromatic rings. The normalized spacial score (nSPS) is 18.6. The third-order valence-corrected chi connectivity index (χ3v) is 4.42. The number of likely N-dealkylation sites (tertiary alicyclic amines) is 1. The van der Waals surface area contributed by atoms with Crippen LogP contribution in [0.2, 0.25) is 0 Å². The molecule has 1 unspecified atom stereocenters. The lowest BCUT2D eigenvalue weighted by molar-refractivity contribution is -0.139. The molecule has 2 aromatic carbocycles. The molecule has 1 amide bonds. The Hall–Kier alpha value is -3.34. The van der Waals surface area contributed by atoms with Gasteiger partial charge in [0.05, 0.1) is 18.2 Å². The Morgan fingerprint density at radius 3 is 2.41 bits per heavy atom. The number of ketones is 1. The van der Waals surface area contributed by atoms with E-state index in [1.54, 1.807) is 30.3 Å². The van der Waals surface area contributed by atoms with E-state index in [4.69, 9.17) is 4.74 Å². The summed E-state index contributed by atoms with van der Waals surface area (Å²) in [4.78, 5) is 26.6. The molecule has 27 heavy (non-hydrogen) atoms. The average molecular weight is 363 g/mol. The van der Waals surface area contributed by atoms with Crippen molar-refractivity contribution >= 4 is 17.4 Å². The maximum atomic E-state index is 12.7. The number of hydrogen-bond acceptors (Lipinski definition) is 4. The van der Waals surface area contributed by atoms with E-state index in [0.717, 1.165) is 5.56 Å². The van der Waals surface area contributed by atoms with Gasteiger partial charge in [0.2, 0.25) is 0 Å². The number of nitrogens with zero attached hydrogens (tertiary/aromatic N) is 1. The fraction of sp³-hybridized carbons (Fsp3) is 0.182. The summed E-state index contributed by atoms with van der Waals surface area (Å²) in [7, 11) is 0. The first kappa shape index (κ1) is 18.5. The van der Waals surface area contributed by atoms with Crippen LogP contribution in [0.25, 0.3) is 5.76 Å². The molecule has 138 valence electrons. The molecule has 0 aromatic heterocycles. The number of amides is 1. The first-order chi connectivity index (χ1) is 13.1. The molecule has 3 rings (SSSR count). The van der Waals surface area contributed by atoms with Crippen LogP contribution in [0.3, 0.4) is 0 Å². The molecule has 5 nitrogen and oxygen atoms in total. The molecule has 0 radical (unpaired) electrons. The number of ether oxygens (including phenoxy) is 1. The number of aliphatic hydroxyl groups is 1. The number of rotatable bonds is 6. The lowest BCUT2D eigenvalue weighted by Gasteiger charge is -2.24. The number of Topliss-reactive ketones (excluding diaryl/α,β-unsaturated/α-hetero) is 1. The van der Waals surface area contributed by atoms with Gasteiger partial charge in [0.25, 0.3) is 11.7 Å². The Morgan fingerprint density at radius 1 is 1.15 bits per heavy atom. The van der Waals surface area contributed by atoms with Crippen LogP contribution in [0.5, 0.6) is 5.75 Å². The van der Waals surface area contributed by atoms with Crippen LogP contribution < -0.4 is 4.74 Å². The first-order valence-electron chi connectivity index (χ1n) is 8.76. The summed E-state index contributed by atoms with van der Waals surface area (Å²) in [6.07, 6.45) is 1.57. The average Bonchev–Trinajstić information content (AvgIpc) is 2.94. The van der Waals surface area contributed by atoms with Crippen LogP contribution in [0.1, 0.15) is 24.1 Å². The standard InChI is InChI=1S/C22H21NO4/c1-3-14-23-19(15-8-6-5-7-9-15)18(21(25)22(23)26)20(24)16-10-12-17(13-11-16)27-4-2/h3,5-13,19,24H,1,4,14H2,2H3/b20-18+. The van der Waals surface area contributed by atoms with Gasteiger partial charge in [-0.1, -0.05) is 36.4 Å². The molecule has 1 atom stereocenters. The van der Waals surface area contributed by atoms with E-state index in [0.29, 0.717) is 17.9 Å². The molecular formula is C22H21NO4. The van der Waals surface area contributed by atoms with Crippen LogP contribution >= 0.6 is 0 Å². The maximum absolute atomic E-state index is 12.7. The number of aliphatic hydroxyl groups excluding tert-OH is 1. The predicted octanol–water partition coefficient (Wildman–Crippen LogP) is 3.69. The van der Waals surface area contributed by atoms with Crippen molar-refractivity contribution in [3.05, 3.63) is 84.0 Å².